The Morgan fingerprint density at radius 1 is 1.24 bits per heavy atom. The maximum absolute atomic E-state index is 11.8. The van der Waals surface area contributed by atoms with Gasteiger partial charge in [-0.05, 0) is 45.7 Å². The Labute approximate surface area is 199 Å². The van der Waals surface area contributed by atoms with Crippen molar-refractivity contribution in [3.05, 3.63) is 41.5 Å². The lowest BCUT2D eigenvalue weighted by Gasteiger charge is -2.29. The minimum Gasteiger partial charge on any atom is -0.469 e. The zero-order valence-electron chi connectivity index (χ0n) is 21.6. The van der Waals surface area contributed by atoms with Crippen LogP contribution < -0.4 is 5.32 Å². The molecule has 4 atom stereocenters. The van der Waals surface area contributed by atoms with Crippen LogP contribution in [0.4, 0.5) is 5.69 Å². The molecule has 0 amide bonds. The van der Waals surface area contributed by atoms with Gasteiger partial charge in [0.2, 0.25) is 0 Å². The van der Waals surface area contributed by atoms with Crippen molar-refractivity contribution in [1.82, 2.24) is 10.0 Å². The van der Waals surface area contributed by atoms with Gasteiger partial charge in [-0.3, -0.25) is 14.8 Å². The summed E-state index contributed by atoms with van der Waals surface area (Å²) < 4.78 is 4.84. The first kappa shape index (κ1) is 28.1. The lowest BCUT2D eigenvalue weighted by molar-refractivity contribution is -0.139. The molecule has 8 nitrogen and oxygen atoms in total. The fourth-order valence-electron chi connectivity index (χ4n) is 3.35. The van der Waals surface area contributed by atoms with Crippen molar-refractivity contribution >= 4 is 18.4 Å². The Hall–Kier alpha value is -2.90. The highest BCUT2D eigenvalue weighted by Crippen LogP contribution is 2.21. The highest BCUT2D eigenvalue weighted by molar-refractivity contribution is 5.75. The summed E-state index contributed by atoms with van der Waals surface area (Å²) in [5.41, 5.74) is 3.08. The van der Waals surface area contributed by atoms with E-state index in [1.54, 1.807) is 0 Å². The molecule has 8 heteroatoms. The fourth-order valence-corrected chi connectivity index (χ4v) is 3.35. The summed E-state index contributed by atoms with van der Waals surface area (Å²) >= 11 is 0. The molecule has 1 rings (SSSR count). The van der Waals surface area contributed by atoms with Crippen LogP contribution in [-0.2, 0) is 16.0 Å². The van der Waals surface area contributed by atoms with Gasteiger partial charge in [0.25, 0.3) is 0 Å². The van der Waals surface area contributed by atoms with Gasteiger partial charge >= 0.3 is 5.97 Å². The summed E-state index contributed by atoms with van der Waals surface area (Å²) in [5, 5.41) is 20.3. The molecule has 0 saturated carbocycles. The number of carbonyl (C=O) groups is 1. The number of hydrazone groups is 1. The number of hydrogen-bond donors (Lipinski definition) is 1. The van der Waals surface area contributed by atoms with Gasteiger partial charge in [0.05, 0.1) is 19.6 Å². The van der Waals surface area contributed by atoms with E-state index in [9.17, 15) is 4.79 Å². The first-order valence-corrected chi connectivity index (χ1v) is 11.5. The van der Waals surface area contributed by atoms with E-state index in [0.29, 0.717) is 0 Å². The summed E-state index contributed by atoms with van der Waals surface area (Å²) in [7, 11) is 5.27. The Kier molecular flexibility index (Phi) is 12.2. The zero-order valence-corrected chi connectivity index (χ0v) is 21.6. The molecule has 0 radical (unpaired) electrons. The molecule has 0 saturated heterocycles. The number of benzene rings is 1. The second-order valence-electron chi connectivity index (χ2n) is 8.57. The van der Waals surface area contributed by atoms with Gasteiger partial charge in [0.1, 0.15) is 0 Å². The number of ether oxygens (including phenoxy) is 1. The third-order valence-electron chi connectivity index (χ3n) is 6.38. The lowest BCUT2D eigenvalue weighted by atomic mass is 9.96. The topological polar surface area (TPSA) is 81.9 Å². The Morgan fingerprint density at radius 3 is 2.52 bits per heavy atom. The Balaban J connectivity index is 2.79. The van der Waals surface area contributed by atoms with Crippen LogP contribution in [0.15, 0.2) is 51.4 Å². The van der Waals surface area contributed by atoms with Gasteiger partial charge in [-0.25, -0.2) is 0 Å². The standard InChI is InChI=1S/C25H42N6O2/c1-10-18(2)23(27-24-14-12-11-13-22(24)17-25(32)33-9)15-16-30(7)29-28-20(4)19(3)21(5)31(8)26-6/h10-14,19-21,23,27H,6,15-17H2,1-5,7-9H3/b18-10+,29-28-/t19-,20-,21?,23?/m0/s1. The summed E-state index contributed by atoms with van der Waals surface area (Å²) in [6, 6.07) is 8.23. The van der Waals surface area contributed by atoms with Crippen LogP contribution in [0.3, 0.4) is 0 Å². The second-order valence-corrected chi connectivity index (χ2v) is 8.57. The molecule has 0 heterocycles. The number of nitrogens with one attached hydrogen (secondary N) is 1. The Morgan fingerprint density at radius 2 is 1.91 bits per heavy atom. The van der Waals surface area contributed by atoms with Gasteiger partial charge in [-0.15, -0.1) is 0 Å². The van der Waals surface area contributed by atoms with E-state index < -0.39 is 0 Å². The van der Waals surface area contributed by atoms with E-state index in [0.717, 1.165) is 24.2 Å². The van der Waals surface area contributed by atoms with E-state index in [2.05, 4.69) is 61.2 Å². The smallest absolute Gasteiger partial charge is 0.310 e. The molecule has 33 heavy (non-hydrogen) atoms. The molecule has 0 aliphatic carbocycles. The number of carbonyl (C=O) groups excluding carboxylic acids is 1. The molecule has 0 fully saturated rings. The third kappa shape index (κ3) is 9.24. The quantitative estimate of drug-likeness (QED) is 0.142. The first-order chi connectivity index (χ1) is 15.6. The predicted molar refractivity (Wildman–Crippen MR) is 137 cm³/mol. The van der Waals surface area contributed by atoms with E-state index in [4.69, 9.17) is 4.74 Å². The van der Waals surface area contributed by atoms with Crippen molar-refractivity contribution in [1.29, 1.82) is 0 Å². The van der Waals surface area contributed by atoms with Crippen LogP contribution >= 0.6 is 0 Å². The fraction of sp³-hybridized carbons (Fsp3) is 0.600. The maximum atomic E-state index is 11.8. The van der Waals surface area contributed by atoms with Crippen molar-refractivity contribution in [2.75, 3.05) is 33.1 Å². The van der Waals surface area contributed by atoms with Crippen LogP contribution in [0.2, 0.25) is 0 Å². The second kappa shape index (κ2) is 14.3. The van der Waals surface area contributed by atoms with Crippen molar-refractivity contribution < 1.29 is 9.53 Å². The van der Waals surface area contributed by atoms with Crippen LogP contribution in [0, 0.1) is 5.92 Å². The summed E-state index contributed by atoms with van der Waals surface area (Å²) in [6.07, 6.45) is 3.18. The minimum atomic E-state index is -0.253. The summed E-state index contributed by atoms with van der Waals surface area (Å²) in [5.74, 6) is 0.0279. The largest absolute Gasteiger partial charge is 0.469 e. The summed E-state index contributed by atoms with van der Waals surface area (Å²) in [4.78, 5) is 11.8. The molecular formula is C25H42N6O2. The van der Waals surface area contributed by atoms with E-state index in [-0.39, 0.29) is 36.4 Å². The molecule has 0 aromatic heterocycles. The van der Waals surface area contributed by atoms with Gasteiger partial charge in [0, 0.05) is 51.0 Å². The van der Waals surface area contributed by atoms with Crippen molar-refractivity contribution in [3.8, 4) is 0 Å². The maximum Gasteiger partial charge on any atom is 0.310 e. The molecule has 0 spiro atoms. The molecule has 0 aliphatic heterocycles. The SMILES string of the molecule is C=NN(C)C(C)[C@@H](C)[C@H](C)/N=N\N(C)CCC(Nc1ccccc1CC(=O)OC)/C(C)=C/C. The number of allylic oxidation sites excluding steroid dienone is 1. The van der Waals surface area contributed by atoms with Crippen molar-refractivity contribution in [3.63, 3.8) is 0 Å². The average molecular weight is 459 g/mol. The third-order valence-corrected chi connectivity index (χ3v) is 6.38. The number of hydrogen-bond acceptors (Lipinski definition) is 7. The van der Waals surface area contributed by atoms with Gasteiger partial charge < -0.3 is 10.1 Å². The van der Waals surface area contributed by atoms with Gasteiger partial charge in [-0.1, -0.05) is 42.0 Å². The van der Waals surface area contributed by atoms with Crippen LogP contribution in [0.5, 0.6) is 0 Å². The van der Waals surface area contributed by atoms with E-state index in [1.807, 2.05) is 55.3 Å². The molecule has 0 aliphatic rings. The zero-order chi connectivity index (χ0) is 25.0. The highest BCUT2D eigenvalue weighted by Gasteiger charge is 2.22. The molecule has 1 aromatic rings. The van der Waals surface area contributed by atoms with E-state index in [1.165, 1.54) is 12.7 Å². The van der Waals surface area contributed by atoms with Crippen LogP contribution in [0.25, 0.3) is 0 Å². The van der Waals surface area contributed by atoms with Crippen LogP contribution in [0.1, 0.15) is 46.6 Å². The van der Waals surface area contributed by atoms with Crippen LogP contribution in [-0.4, -0.2) is 68.6 Å². The molecule has 0 bridgehead atoms. The first-order valence-electron chi connectivity index (χ1n) is 11.5. The number of esters is 1. The summed E-state index contributed by atoms with van der Waals surface area (Å²) in [6.45, 7) is 14.8. The normalized spacial score (nSPS) is 15.5. The van der Waals surface area contributed by atoms with Gasteiger partial charge in [-0.2, -0.15) is 10.2 Å². The van der Waals surface area contributed by atoms with Crippen molar-refractivity contribution in [2.24, 2.45) is 21.4 Å². The number of anilines is 1. The number of methoxy groups -OCH3 is 1. The van der Waals surface area contributed by atoms with Gasteiger partial charge in [0.15, 0.2) is 0 Å². The number of nitrogens with zero attached hydrogens (tertiary/aromatic N) is 5. The number of rotatable bonds is 14. The molecular weight excluding hydrogens is 416 g/mol. The Bertz CT molecular complexity index is 810. The molecule has 1 aromatic carbocycles. The lowest BCUT2D eigenvalue weighted by Crippen LogP contribution is -2.35. The van der Waals surface area contributed by atoms with Crippen molar-refractivity contribution in [2.45, 2.75) is 65.6 Å². The highest BCUT2D eigenvalue weighted by atomic mass is 16.5. The molecule has 1 N–H and O–H groups in total. The molecule has 2 unspecified atom stereocenters. The average Bonchev–Trinajstić information content (AvgIpc) is 2.83. The predicted octanol–water partition coefficient (Wildman–Crippen LogP) is 4.80. The number of para-hydroxylation sites is 1. The minimum absolute atomic E-state index is 0.0584. The van der Waals surface area contributed by atoms with E-state index >= 15 is 0 Å². The molecule has 184 valence electrons. The monoisotopic (exact) mass is 458 g/mol.